The highest BCUT2D eigenvalue weighted by Gasteiger charge is 2.38. The number of amides is 1. The van der Waals surface area contributed by atoms with E-state index >= 15 is 0 Å². The van der Waals surface area contributed by atoms with Crippen LogP contribution in [-0.4, -0.2) is 70.3 Å². The summed E-state index contributed by atoms with van der Waals surface area (Å²) in [6.07, 6.45) is -0.957. The first-order chi connectivity index (χ1) is 20.3. The van der Waals surface area contributed by atoms with Crippen molar-refractivity contribution in [1.82, 2.24) is 19.8 Å². The number of nitrogens with zero attached hydrogens (tertiary/aromatic N) is 5. The number of halogens is 3. The van der Waals surface area contributed by atoms with Crippen molar-refractivity contribution in [2.24, 2.45) is 0 Å². The number of nitriles is 1. The Bertz CT molecular complexity index is 1600. The van der Waals surface area contributed by atoms with E-state index in [0.29, 0.717) is 54.3 Å². The van der Waals surface area contributed by atoms with Gasteiger partial charge in [-0.2, -0.15) is 18.4 Å². The van der Waals surface area contributed by atoms with Crippen LogP contribution in [0.25, 0.3) is 10.6 Å². The molecular weight excluding hydrogens is 585 g/mol. The van der Waals surface area contributed by atoms with Crippen molar-refractivity contribution in [3.63, 3.8) is 0 Å². The molecule has 42 heavy (non-hydrogen) atoms. The Balaban J connectivity index is 1.24. The number of rotatable bonds is 6. The first-order valence-electron chi connectivity index (χ1n) is 13.9. The van der Waals surface area contributed by atoms with E-state index in [1.807, 2.05) is 0 Å². The number of benzene rings is 1. The fourth-order valence-electron chi connectivity index (χ4n) is 5.70. The lowest BCUT2D eigenvalue weighted by molar-refractivity contribution is -0.137. The van der Waals surface area contributed by atoms with Gasteiger partial charge in [-0.25, -0.2) is 9.97 Å². The van der Waals surface area contributed by atoms with Crippen LogP contribution in [0.1, 0.15) is 50.7 Å². The van der Waals surface area contributed by atoms with E-state index in [1.54, 1.807) is 11.0 Å². The SMILES string of the molecule is N#CCN1CCc2cc(Nc3ncc(C(F)(F)F)c(-c4cc5c(s4)C(=O)N(C4COC4)CCS5)n3)c(C3CC3)cc2C1. The zero-order valence-electron chi connectivity index (χ0n) is 22.5. The van der Waals surface area contributed by atoms with E-state index in [-0.39, 0.29) is 28.5 Å². The van der Waals surface area contributed by atoms with Crippen LogP contribution in [0.2, 0.25) is 0 Å². The molecule has 2 aromatic heterocycles. The van der Waals surface area contributed by atoms with Crippen molar-refractivity contribution in [3.05, 3.63) is 51.5 Å². The van der Waals surface area contributed by atoms with Crippen LogP contribution in [0.5, 0.6) is 0 Å². The number of aromatic nitrogens is 2. The highest BCUT2D eigenvalue weighted by Crippen LogP contribution is 2.47. The summed E-state index contributed by atoms with van der Waals surface area (Å²) in [6.45, 7) is 3.39. The largest absolute Gasteiger partial charge is 0.420 e. The maximum Gasteiger partial charge on any atom is 0.420 e. The quantitative estimate of drug-likeness (QED) is 0.356. The Labute approximate surface area is 248 Å². The molecule has 13 heteroatoms. The van der Waals surface area contributed by atoms with Gasteiger partial charge in [-0.3, -0.25) is 9.69 Å². The Morgan fingerprint density at radius 1 is 1.17 bits per heavy atom. The van der Waals surface area contributed by atoms with Crippen LogP contribution >= 0.6 is 23.1 Å². The van der Waals surface area contributed by atoms with Gasteiger partial charge in [0.25, 0.3) is 5.91 Å². The fourth-order valence-corrected chi connectivity index (χ4v) is 8.02. The molecule has 5 heterocycles. The van der Waals surface area contributed by atoms with E-state index in [4.69, 9.17) is 10.00 Å². The van der Waals surface area contributed by atoms with Crippen molar-refractivity contribution in [2.75, 3.05) is 43.9 Å². The third-order valence-corrected chi connectivity index (χ3v) is 10.4. The zero-order valence-corrected chi connectivity index (χ0v) is 24.2. The molecular formula is C29H27F3N6O2S2. The summed E-state index contributed by atoms with van der Waals surface area (Å²) in [7, 11) is 0. The number of thiophene rings is 1. The Morgan fingerprint density at radius 2 is 2.00 bits per heavy atom. The molecule has 1 amide bonds. The minimum absolute atomic E-state index is 0.00175. The van der Waals surface area contributed by atoms with Gasteiger partial charge in [0.1, 0.15) is 10.4 Å². The molecule has 7 rings (SSSR count). The minimum Gasteiger partial charge on any atom is -0.377 e. The first-order valence-corrected chi connectivity index (χ1v) is 15.7. The summed E-state index contributed by atoms with van der Waals surface area (Å²) in [5.74, 6) is 0.942. The van der Waals surface area contributed by atoms with E-state index in [9.17, 15) is 18.0 Å². The highest BCUT2D eigenvalue weighted by atomic mass is 32.2. The van der Waals surface area contributed by atoms with Crippen molar-refractivity contribution >= 4 is 40.6 Å². The highest BCUT2D eigenvalue weighted by molar-refractivity contribution is 7.99. The molecule has 1 aromatic carbocycles. The van der Waals surface area contributed by atoms with Gasteiger partial charge in [0, 0.05) is 42.2 Å². The van der Waals surface area contributed by atoms with Crippen LogP contribution in [0.15, 0.2) is 29.3 Å². The average molecular weight is 613 g/mol. The molecule has 2 fully saturated rings. The van der Waals surface area contributed by atoms with Crippen molar-refractivity contribution in [2.45, 2.75) is 48.8 Å². The number of ether oxygens (including phenoxy) is 1. The lowest BCUT2D eigenvalue weighted by atomic mass is 9.94. The Kier molecular flexibility index (Phi) is 7.12. The van der Waals surface area contributed by atoms with Crippen LogP contribution in [0.3, 0.4) is 0 Å². The second-order valence-corrected chi connectivity index (χ2v) is 13.2. The number of carbonyl (C=O) groups excluding carboxylic acids is 1. The molecule has 0 radical (unpaired) electrons. The molecule has 4 aliphatic rings. The first kappa shape index (κ1) is 27.6. The lowest BCUT2D eigenvalue weighted by Crippen LogP contribution is -2.52. The summed E-state index contributed by atoms with van der Waals surface area (Å²) in [5.41, 5.74) is 3.08. The minimum atomic E-state index is -4.66. The van der Waals surface area contributed by atoms with E-state index in [2.05, 4.69) is 38.4 Å². The standard InChI is InChI=1S/C29H27F3N6O2S2/c30-29(31,32)21-12-34-28(35-22-10-17-3-5-37(6-4-33)13-18(17)9-20(22)16-1-2-16)36-25(21)23-11-24-26(42-23)27(39)38(7-8-41-24)19-14-40-15-19/h9-12,16,19H,1-3,5-8,13-15H2,(H,34,35,36). The molecule has 0 unspecified atom stereocenters. The summed E-state index contributed by atoms with van der Waals surface area (Å²) in [4.78, 5) is 27.2. The van der Waals surface area contributed by atoms with E-state index < -0.39 is 11.7 Å². The second-order valence-electron chi connectivity index (χ2n) is 11.0. The number of hydrogen-bond acceptors (Lipinski definition) is 9. The summed E-state index contributed by atoms with van der Waals surface area (Å²) < 4.78 is 47.8. The van der Waals surface area contributed by atoms with Crippen LogP contribution < -0.4 is 5.32 Å². The number of fused-ring (bicyclic) bond motifs is 2. The molecule has 0 bridgehead atoms. The molecule has 8 nitrogen and oxygen atoms in total. The molecule has 1 saturated carbocycles. The van der Waals surface area contributed by atoms with Crippen molar-refractivity contribution in [1.29, 1.82) is 5.26 Å². The molecule has 1 aliphatic carbocycles. The van der Waals surface area contributed by atoms with Crippen LogP contribution in [0, 0.1) is 11.3 Å². The van der Waals surface area contributed by atoms with Crippen molar-refractivity contribution in [3.8, 4) is 16.6 Å². The zero-order chi connectivity index (χ0) is 29.0. The van der Waals surface area contributed by atoms with Gasteiger partial charge in [0.15, 0.2) is 0 Å². The van der Waals surface area contributed by atoms with E-state index in [0.717, 1.165) is 60.2 Å². The van der Waals surface area contributed by atoms with Crippen LogP contribution in [0.4, 0.5) is 24.8 Å². The summed E-state index contributed by atoms with van der Waals surface area (Å²) in [5, 5.41) is 12.4. The third-order valence-electron chi connectivity index (χ3n) is 8.15. The van der Waals surface area contributed by atoms with Gasteiger partial charge in [-0.05, 0) is 54.0 Å². The third kappa shape index (κ3) is 5.25. The normalized spacial score (nSPS) is 19.5. The maximum atomic E-state index is 14.2. The number of anilines is 2. The lowest BCUT2D eigenvalue weighted by Gasteiger charge is -2.36. The maximum absolute atomic E-state index is 14.2. The number of nitrogens with one attached hydrogen (secondary N) is 1. The van der Waals surface area contributed by atoms with Crippen LogP contribution in [-0.2, 0) is 23.9 Å². The summed E-state index contributed by atoms with van der Waals surface area (Å²) in [6, 6.07) is 8.11. The molecule has 3 aliphatic heterocycles. The molecule has 1 N–H and O–H groups in total. The van der Waals surface area contributed by atoms with E-state index in [1.165, 1.54) is 17.3 Å². The number of hydrogen-bond donors (Lipinski definition) is 1. The molecule has 0 atom stereocenters. The van der Waals surface area contributed by atoms with Crippen molar-refractivity contribution < 1.29 is 22.7 Å². The molecule has 0 spiro atoms. The van der Waals surface area contributed by atoms with Gasteiger partial charge < -0.3 is 15.0 Å². The smallest absolute Gasteiger partial charge is 0.377 e. The van der Waals surface area contributed by atoms with Gasteiger partial charge >= 0.3 is 6.18 Å². The van der Waals surface area contributed by atoms with Gasteiger partial charge in [-0.1, -0.05) is 6.07 Å². The molecule has 218 valence electrons. The second kappa shape index (κ2) is 10.8. The predicted molar refractivity (Wildman–Crippen MR) is 153 cm³/mol. The Morgan fingerprint density at radius 3 is 2.71 bits per heavy atom. The predicted octanol–water partition coefficient (Wildman–Crippen LogP) is 5.67. The Hall–Kier alpha value is -3.18. The number of alkyl halides is 3. The fraction of sp³-hybridized carbons (Fsp3) is 0.448. The monoisotopic (exact) mass is 612 g/mol. The molecule has 3 aromatic rings. The number of thioether (sulfide) groups is 1. The van der Waals surface area contributed by atoms with Gasteiger partial charge in [0.2, 0.25) is 5.95 Å². The number of carbonyl (C=O) groups is 1. The summed E-state index contributed by atoms with van der Waals surface area (Å²) >= 11 is 2.53. The molecule has 1 saturated heterocycles. The average Bonchev–Trinajstić information content (AvgIpc) is 3.71. The topological polar surface area (TPSA) is 94.4 Å². The van der Waals surface area contributed by atoms with Gasteiger partial charge in [-0.15, -0.1) is 23.1 Å². The van der Waals surface area contributed by atoms with Gasteiger partial charge in [0.05, 0.1) is 42.4 Å².